The summed E-state index contributed by atoms with van der Waals surface area (Å²) in [6.45, 7) is 2.04. The molecule has 1 aliphatic rings. The van der Waals surface area contributed by atoms with Crippen LogP contribution < -0.4 is 5.32 Å². The maximum atomic E-state index is 9.37. The van der Waals surface area contributed by atoms with Crippen molar-refractivity contribution >= 4 is 27.4 Å². The highest BCUT2D eigenvalue weighted by Crippen LogP contribution is 2.27. The van der Waals surface area contributed by atoms with Gasteiger partial charge in [0, 0.05) is 15.9 Å². The number of pyridine rings is 1. The summed E-state index contributed by atoms with van der Waals surface area (Å²) in [4.78, 5) is 4.69. The van der Waals surface area contributed by atoms with E-state index in [-0.39, 0.29) is 0 Å². The molecule has 0 atom stereocenters. The van der Waals surface area contributed by atoms with Gasteiger partial charge in [-0.1, -0.05) is 15.9 Å². The number of fused-ring (bicyclic) bond motifs is 1. The van der Waals surface area contributed by atoms with Gasteiger partial charge in [0.25, 0.3) is 0 Å². The molecule has 106 valence electrons. The molecule has 2 aromatic rings. The van der Waals surface area contributed by atoms with E-state index in [1.165, 1.54) is 18.4 Å². The first kappa shape index (κ1) is 14.1. The minimum Gasteiger partial charge on any atom is -0.339 e. The molecule has 0 spiro atoms. The molecule has 0 bridgehead atoms. The van der Waals surface area contributed by atoms with Crippen LogP contribution in [-0.4, -0.2) is 4.98 Å². The SMILES string of the molecule is Cc1cc(Br)cc(Nc2nc3c(cc2C#N)CCCC3)c1. The van der Waals surface area contributed by atoms with Gasteiger partial charge in [0.05, 0.1) is 5.56 Å². The molecule has 1 aromatic heterocycles. The van der Waals surface area contributed by atoms with E-state index in [1.54, 1.807) is 0 Å². The van der Waals surface area contributed by atoms with Crippen LogP contribution in [0, 0.1) is 18.3 Å². The van der Waals surface area contributed by atoms with Gasteiger partial charge in [0.15, 0.2) is 0 Å². The van der Waals surface area contributed by atoms with Gasteiger partial charge in [-0.15, -0.1) is 0 Å². The summed E-state index contributed by atoms with van der Waals surface area (Å²) in [6, 6.07) is 10.3. The van der Waals surface area contributed by atoms with E-state index in [2.05, 4.69) is 38.4 Å². The van der Waals surface area contributed by atoms with Crippen LogP contribution in [0.5, 0.6) is 0 Å². The Morgan fingerprint density at radius 3 is 2.76 bits per heavy atom. The Morgan fingerprint density at radius 2 is 2.00 bits per heavy atom. The summed E-state index contributed by atoms with van der Waals surface area (Å²) in [6.07, 6.45) is 4.42. The maximum absolute atomic E-state index is 9.37. The molecule has 0 fully saturated rings. The molecular formula is C17H16BrN3. The number of nitriles is 1. The molecule has 1 N–H and O–H groups in total. The number of aryl methyl sites for hydroxylation is 3. The second-order valence-corrected chi connectivity index (χ2v) is 6.37. The minimum absolute atomic E-state index is 0.619. The fourth-order valence-electron chi connectivity index (χ4n) is 2.76. The van der Waals surface area contributed by atoms with E-state index in [9.17, 15) is 5.26 Å². The lowest BCUT2D eigenvalue weighted by molar-refractivity contribution is 0.668. The van der Waals surface area contributed by atoms with Crippen molar-refractivity contribution in [2.75, 3.05) is 5.32 Å². The van der Waals surface area contributed by atoms with Gasteiger partial charge >= 0.3 is 0 Å². The van der Waals surface area contributed by atoms with Gasteiger partial charge in [0.1, 0.15) is 11.9 Å². The van der Waals surface area contributed by atoms with Gasteiger partial charge in [0.2, 0.25) is 0 Å². The third kappa shape index (κ3) is 3.08. The van der Waals surface area contributed by atoms with E-state index in [0.29, 0.717) is 11.4 Å². The lowest BCUT2D eigenvalue weighted by Gasteiger charge is -2.17. The fraction of sp³-hybridized carbons (Fsp3) is 0.294. The van der Waals surface area contributed by atoms with Crippen LogP contribution in [0.15, 0.2) is 28.7 Å². The van der Waals surface area contributed by atoms with Gasteiger partial charge in [-0.2, -0.15) is 5.26 Å². The number of anilines is 2. The average Bonchev–Trinajstić information content (AvgIpc) is 2.45. The Hall–Kier alpha value is -1.86. The third-order valence-electron chi connectivity index (χ3n) is 3.73. The van der Waals surface area contributed by atoms with E-state index < -0.39 is 0 Å². The van der Waals surface area contributed by atoms with Crippen molar-refractivity contribution in [3.63, 3.8) is 0 Å². The number of rotatable bonds is 2. The molecule has 1 heterocycles. The van der Waals surface area contributed by atoms with Crippen molar-refractivity contribution in [3.05, 3.63) is 51.1 Å². The highest BCUT2D eigenvalue weighted by molar-refractivity contribution is 9.10. The predicted molar refractivity (Wildman–Crippen MR) is 87.8 cm³/mol. The quantitative estimate of drug-likeness (QED) is 0.864. The number of nitrogens with one attached hydrogen (secondary N) is 1. The van der Waals surface area contributed by atoms with Gasteiger partial charge in [-0.25, -0.2) is 4.98 Å². The van der Waals surface area contributed by atoms with Crippen molar-refractivity contribution in [2.45, 2.75) is 32.6 Å². The Labute approximate surface area is 133 Å². The molecule has 0 saturated heterocycles. The number of aromatic nitrogens is 1. The average molecular weight is 342 g/mol. The van der Waals surface area contributed by atoms with Crippen molar-refractivity contribution in [1.29, 1.82) is 5.26 Å². The Balaban J connectivity index is 1.99. The first-order chi connectivity index (χ1) is 10.2. The number of nitrogens with zero attached hydrogens (tertiary/aromatic N) is 2. The lowest BCUT2D eigenvalue weighted by atomic mass is 9.95. The summed E-state index contributed by atoms with van der Waals surface area (Å²) in [5.74, 6) is 0.663. The molecular weight excluding hydrogens is 326 g/mol. The molecule has 1 aliphatic carbocycles. The van der Waals surface area contributed by atoms with Crippen LogP contribution in [0.25, 0.3) is 0 Å². The molecule has 4 heteroatoms. The highest BCUT2D eigenvalue weighted by atomic mass is 79.9. The van der Waals surface area contributed by atoms with Crippen molar-refractivity contribution in [3.8, 4) is 6.07 Å². The van der Waals surface area contributed by atoms with Gasteiger partial charge in [-0.05, 0) is 68.0 Å². The lowest BCUT2D eigenvalue weighted by Crippen LogP contribution is -2.09. The molecule has 0 unspecified atom stereocenters. The normalized spacial score (nSPS) is 13.4. The minimum atomic E-state index is 0.619. The van der Waals surface area contributed by atoms with E-state index in [0.717, 1.165) is 34.3 Å². The molecule has 0 aliphatic heterocycles. The number of hydrogen-bond acceptors (Lipinski definition) is 3. The molecule has 3 nitrogen and oxygen atoms in total. The second kappa shape index (κ2) is 5.87. The summed E-state index contributed by atoms with van der Waals surface area (Å²) in [5.41, 5.74) is 5.08. The second-order valence-electron chi connectivity index (χ2n) is 5.45. The monoisotopic (exact) mass is 341 g/mol. The number of benzene rings is 1. The topological polar surface area (TPSA) is 48.7 Å². The van der Waals surface area contributed by atoms with Crippen LogP contribution in [-0.2, 0) is 12.8 Å². The molecule has 0 radical (unpaired) electrons. The zero-order chi connectivity index (χ0) is 14.8. The summed E-state index contributed by atoms with van der Waals surface area (Å²) >= 11 is 3.50. The molecule has 3 rings (SSSR count). The zero-order valence-electron chi connectivity index (χ0n) is 11.9. The van der Waals surface area contributed by atoms with Crippen molar-refractivity contribution < 1.29 is 0 Å². The smallest absolute Gasteiger partial charge is 0.148 e. The third-order valence-corrected chi connectivity index (χ3v) is 4.18. The van der Waals surface area contributed by atoms with Crippen LogP contribution in [0.1, 0.15) is 35.2 Å². The summed E-state index contributed by atoms with van der Waals surface area (Å²) in [7, 11) is 0. The zero-order valence-corrected chi connectivity index (χ0v) is 13.5. The van der Waals surface area contributed by atoms with E-state index in [1.807, 2.05) is 25.1 Å². The molecule has 0 amide bonds. The molecule has 1 aromatic carbocycles. The highest BCUT2D eigenvalue weighted by Gasteiger charge is 2.15. The standard InChI is InChI=1S/C17H16BrN3/c1-11-6-14(18)9-15(7-11)20-17-13(10-19)8-12-4-2-3-5-16(12)21-17/h6-9H,2-5H2,1H3,(H,20,21). The van der Waals surface area contributed by atoms with Gasteiger partial charge < -0.3 is 5.32 Å². The van der Waals surface area contributed by atoms with Crippen LogP contribution in [0.4, 0.5) is 11.5 Å². The summed E-state index contributed by atoms with van der Waals surface area (Å²) in [5, 5.41) is 12.7. The Morgan fingerprint density at radius 1 is 1.19 bits per heavy atom. The van der Waals surface area contributed by atoms with E-state index in [4.69, 9.17) is 0 Å². The molecule has 21 heavy (non-hydrogen) atoms. The first-order valence-electron chi connectivity index (χ1n) is 7.13. The summed E-state index contributed by atoms with van der Waals surface area (Å²) < 4.78 is 1.02. The Bertz CT molecular complexity index is 711. The Kier molecular flexibility index (Phi) is 3.94. The fourth-order valence-corrected chi connectivity index (χ4v) is 3.37. The van der Waals surface area contributed by atoms with Crippen LogP contribution in [0.2, 0.25) is 0 Å². The number of halogens is 1. The van der Waals surface area contributed by atoms with Crippen LogP contribution in [0.3, 0.4) is 0 Å². The number of hydrogen-bond donors (Lipinski definition) is 1. The van der Waals surface area contributed by atoms with Crippen LogP contribution >= 0.6 is 15.9 Å². The molecule has 0 saturated carbocycles. The first-order valence-corrected chi connectivity index (χ1v) is 7.92. The van der Waals surface area contributed by atoms with Gasteiger partial charge in [-0.3, -0.25) is 0 Å². The van der Waals surface area contributed by atoms with E-state index >= 15 is 0 Å². The van der Waals surface area contributed by atoms with Crippen molar-refractivity contribution in [1.82, 2.24) is 4.98 Å². The maximum Gasteiger partial charge on any atom is 0.148 e. The largest absolute Gasteiger partial charge is 0.339 e. The van der Waals surface area contributed by atoms with Crippen molar-refractivity contribution in [2.24, 2.45) is 0 Å². The predicted octanol–water partition coefficient (Wildman–Crippen LogP) is 4.65.